The number of hydrogen-bond acceptors (Lipinski definition) is 7. The number of nitrogens with zero attached hydrogens (tertiary/aromatic N) is 1. The van der Waals surface area contributed by atoms with E-state index in [9.17, 15) is 14.9 Å². The number of aryl methyl sites for hydroxylation is 1. The van der Waals surface area contributed by atoms with Gasteiger partial charge >= 0.3 is 5.97 Å². The number of carbonyl (C=O) groups is 1. The van der Waals surface area contributed by atoms with Crippen LogP contribution in [0.5, 0.6) is 0 Å². The molecule has 0 spiro atoms. The van der Waals surface area contributed by atoms with Gasteiger partial charge < -0.3 is 14.3 Å². The molecule has 0 saturated heterocycles. The van der Waals surface area contributed by atoms with Crippen LogP contribution in [0.2, 0.25) is 0 Å². The van der Waals surface area contributed by atoms with E-state index in [1.165, 1.54) is 7.11 Å². The first-order valence-electron chi connectivity index (χ1n) is 6.30. The Hall–Kier alpha value is -2.19. The molecule has 0 aliphatic carbocycles. The van der Waals surface area contributed by atoms with E-state index >= 15 is 0 Å². The number of carbonyl (C=O) groups excluding carboxylic acids is 1. The van der Waals surface area contributed by atoms with Gasteiger partial charge in [-0.05, 0) is 12.0 Å². The quantitative estimate of drug-likeness (QED) is 0.234. The first kappa shape index (κ1) is 16.9. The highest BCUT2D eigenvalue weighted by atomic mass is 17.0. The van der Waals surface area contributed by atoms with Gasteiger partial charge in [-0.25, -0.2) is 4.79 Å². The van der Waals surface area contributed by atoms with Gasteiger partial charge in [0.2, 0.25) is 5.72 Å². The third-order valence-corrected chi connectivity index (χ3v) is 2.80. The molecule has 0 amide bonds. The van der Waals surface area contributed by atoms with Crippen LogP contribution in [0.15, 0.2) is 30.3 Å². The summed E-state index contributed by atoms with van der Waals surface area (Å²) in [7, 11) is 1.20. The van der Waals surface area contributed by atoms with E-state index in [0.717, 1.165) is 5.56 Å². The van der Waals surface area contributed by atoms with Crippen LogP contribution in [0.1, 0.15) is 12.0 Å². The van der Waals surface area contributed by atoms with Crippen molar-refractivity contribution < 1.29 is 24.2 Å². The molecule has 0 bridgehead atoms. The molecular weight excluding hydrogens is 280 g/mol. The maximum atomic E-state index is 11.7. The smallest absolute Gasteiger partial charge is 0.353 e. The van der Waals surface area contributed by atoms with E-state index in [1.807, 2.05) is 30.3 Å². The van der Waals surface area contributed by atoms with E-state index in [2.05, 4.69) is 9.57 Å². The average molecular weight is 298 g/mol. The topological polar surface area (TPSA) is 114 Å². The number of methoxy groups -OCH3 is 1. The van der Waals surface area contributed by atoms with Gasteiger partial charge in [0, 0.05) is 6.42 Å². The Morgan fingerprint density at radius 1 is 1.33 bits per heavy atom. The molecule has 0 heterocycles. The fraction of sp³-hybridized carbons (Fsp3) is 0.462. The van der Waals surface area contributed by atoms with E-state index in [0.29, 0.717) is 6.42 Å². The van der Waals surface area contributed by atoms with Crippen LogP contribution in [-0.2, 0) is 25.5 Å². The summed E-state index contributed by atoms with van der Waals surface area (Å²) in [6, 6.07) is 9.42. The molecule has 0 aliphatic heterocycles. The van der Waals surface area contributed by atoms with Crippen molar-refractivity contribution in [3.05, 3.63) is 46.0 Å². The van der Waals surface area contributed by atoms with Crippen LogP contribution < -0.4 is 5.73 Å². The maximum Gasteiger partial charge on any atom is 0.353 e. The Morgan fingerprint density at radius 3 is 2.57 bits per heavy atom. The van der Waals surface area contributed by atoms with Crippen LogP contribution >= 0.6 is 0 Å². The fourth-order valence-corrected chi connectivity index (χ4v) is 1.72. The standard InChI is InChI=1S/C13H18N2O6/c1-19-12(16)13(14,20-9-10-21-15(17)18)8-7-11-5-3-2-4-6-11/h2-6H,7-10,14H2,1H3. The van der Waals surface area contributed by atoms with Crippen molar-refractivity contribution in [3.8, 4) is 0 Å². The molecule has 0 radical (unpaired) electrons. The Kier molecular flexibility index (Phi) is 6.57. The highest BCUT2D eigenvalue weighted by Gasteiger charge is 2.36. The molecule has 1 aromatic carbocycles. The Bertz CT molecular complexity index is 467. The van der Waals surface area contributed by atoms with Gasteiger partial charge in [-0.3, -0.25) is 5.73 Å². The molecular formula is C13H18N2O6. The highest BCUT2D eigenvalue weighted by Crippen LogP contribution is 2.15. The second-order valence-corrected chi connectivity index (χ2v) is 4.27. The SMILES string of the molecule is COC(=O)C(N)(CCc1ccccc1)OCCO[N+](=O)[O-]. The Morgan fingerprint density at radius 2 is 2.00 bits per heavy atom. The summed E-state index contributed by atoms with van der Waals surface area (Å²) in [6.07, 6.45) is 0.685. The third-order valence-electron chi connectivity index (χ3n) is 2.80. The normalized spacial score (nSPS) is 13.2. The molecule has 1 atom stereocenters. The Balaban J connectivity index is 2.56. The van der Waals surface area contributed by atoms with Gasteiger partial charge in [0.15, 0.2) is 0 Å². The van der Waals surface area contributed by atoms with Crippen LogP contribution in [0, 0.1) is 10.1 Å². The number of benzene rings is 1. The molecule has 21 heavy (non-hydrogen) atoms. The third kappa shape index (κ3) is 5.76. The van der Waals surface area contributed by atoms with Gasteiger partial charge in [-0.1, -0.05) is 30.3 Å². The van der Waals surface area contributed by atoms with Gasteiger partial charge in [0.25, 0.3) is 5.09 Å². The lowest BCUT2D eigenvalue weighted by Crippen LogP contribution is -2.52. The highest BCUT2D eigenvalue weighted by molar-refractivity contribution is 5.78. The minimum absolute atomic E-state index is 0.183. The lowest BCUT2D eigenvalue weighted by molar-refractivity contribution is -0.758. The zero-order valence-corrected chi connectivity index (χ0v) is 11.7. The largest absolute Gasteiger partial charge is 0.466 e. The van der Waals surface area contributed by atoms with Gasteiger partial charge in [-0.15, -0.1) is 10.1 Å². The van der Waals surface area contributed by atoms with E-state index in [1.54, 1.807) is 0 Å². The number of nitrogens with two attached hydrogens (primary N) is 1. The zero-order chi connectivity index (χ0) is 15.7. The molecule has 1 aromatic rings. The molecule has 2 N–H and O–H groups in total. The monoisotopic (exact) mass is 298 g/mol. The number of rotatable bonds is 9. The van der Waals surface area contributed by atoms with E-state index in [-0.39, 0.29) is 19.6 Å². The summed E-state index contributed by atoms with van der Waals surface area (Å²) in [6.45, 7) is -0.504. The first-order chi connectivity index (χ1) is 9.98. The predicted molar refractivity (Wildman–Crippen MR) is 72.6 cm³/mol. The number of esters is 1. The lowest BCUT2D eigenvalue weighted by atomic mass is 10.0. The van der Waals surface area contributed by atoms with Crippen molar-refractivity contribution in [3.63, 3.8) is 0 Å². The molecule has 116 valence electrons. The molecule has 8 heteroatoms. The average Bonchev–Trinajstić information content (AvgIpc) is 2.49. The van der Waals surface area contributed by atoms with Crippen molar-refractivity contribution in [2.75, 3.05) is 20.3 Å². The number of ether oxygens (including phenoxy) is 2. The molecule has 8 nitrogen and oxygen atoms in total. The second kappa shape index (κ2) is 8.18. The fourth-order valence-electron chi connectivity index (χ4n) is 1.72. The van der Waals surface area contributed by atoms with Gasteiger partial charge in [0.05, 0.1) is 13.7 Å². The number of hydrogen-bond donors (Lipinski definition) is 1. The maximum absolute atomic E-state index is 11.7. The summed E-state index contributed by atoms with van der Waals surface area (Å²) in [5.41, 5.74) is 5.22. The minimum atomic E-state index is -1.66. The summed E-state index contributed by atoms with van der Waals surface area (Å²) < 4.78 is 9.85. The lowest BCUT2D eigenvalue weighted by Gasteiger charge is -2.26. The molecule has 0 saturated carbocycles. The molecule has 0 aliphatic rings. The van der Waals surface area contributed by atoms with Crippen molar-refractivity contribution in [1.29, 1.82) is 0 Å². The van der Waals surface area contributed by atoms with Crippen molar-refractivity contribution in [2.24, 2.45) is 5.73 Å². The molecule has 1 unspecified atom stereocenters. The molecule has 0 aromatic heterocycles. The van der Waals surface area contributed by atoms with Crippen LogP contribution in [0.4, 0.5) is 0 Å². The van der Waals surface area contributed by atoms with Gasteiger partial charge in [0.1, 0.15) is 6.61 Å². The zero-order valence-electron chi connectivity index (χ0n) is 11.7. The predicted octanol–water partition coefficient (Wildman–Crippen LogP) is 0.672. The summed E-state index contributed by atoms with van der Waals surface area (Å²) in [4.78, 5) is 25.9. The summed E-state index contributed by atoms with van der Waals surface area (Å²) >= 11 is 0. The van der Waals surface area contributed by atoms with Crippen molar-refractivity contribution in [2.45, 2.75) is 18.6 Å². The first-order valence-corrected chi connectivity index (χ1v) is 6.30. The van der Waals surface area contributed by atoms with Crippen molar-refractivity contribution in [1.82, 2.24) is 0 Å². The van der Waals surface area contributed by atoms with E-state index in [4.69, 9.17) is 10.5 Å². The second-order valence-electron chi connectivity index (χ2n) is 4.27. The molecule has 1 rings (SSSR count). The Labute approximate surface area is 121 Å². The summed E-state index contributed by atoms with van der Waals surface area (Å²) in [5.74, 6) is -0.737. The van der Waals surface area contributed by atoms with Gasteiger partial charge in [-0.2, -0.15) is 0 Å². The van der Waals surface area contributed by atoms with Crippen LogP contribution in [-0.4, -0.2) is 37.1 Å². The van der Waals surface area contributed by atoms with Crippen LogP contribution in [0.25, 0.3) is 0 Å². The summed E-state index contributed by atoms with van der Waals surface area (Å²) in [5, 5.41) is 9.09. The van der Waals surface area contributed by atoms with Crippen LogP contribution in [0.3, 0.4) is 0 Å². The minimum Gasteiger partial charge on any atom is -0.466 e. The molecule has 0 fully saturated rings. The van der Waals surface area contributed by atoms with Crippen molar-refractivity contribution >= 4 is 5.97 Å². The van der Waals surface area contributed by atoms with E-state index < -0.39 is 16.8 Å².